The number of rotatable bonds is 6. The van der Waals surface area contributed by atoms with Crippen molar-refractivity contribution in [3.8, 4) is 17.6 Å². The molecule has 0 saturated heterocycles. The average molecular weight is 526 g/mol. The van der Waals surface area contributed by atoms with Gasteiger partial charge in [0.25, 0.3) is 5.91 Å². The van der Waals surface area contributed by atoms with Gasteiger partial charge in [-0.05, 0) is 64.7 Å². The second-order valence-corrected chi connectivity index (χ2v) is 7.67. The molecule has 3 aromatic carbocycles. The van der Waals surface area contributed by atoms with Gasteiger partial charge in [0.1, 0.15) is 11.6 Å². The third-order valence-electron chi connectivity index (χ3n) is 4.29. The number of esters is 1. The molecule has 1 N–H and O–H groups in total. The number of hydrogen-bond acceptors (Lipinski definition) is 5. The Balaban J connectivity index is 1.94. The Morgan fingerprint density at radius 1 is 1.16 bits per heavy atom. The molecule has 0 spiro atoms. The predicted octanol–water partition coefficient (Wildman–Crippen LogP) is 5.31. The number of nitrogens with zero attached hydrogens (tertiary/aromatic N) is 1. The molecule has 0 heterocycles. The lowest BCUT2D eigenvalue weighted by Gasteiger charge is -2.13. The Kier molecular flexibility index (Phi) is 7.26. The fourth-order valence-corrected chi connectivity index (χ4v) is 3.75. The first-order valence-corrected chi connectivity index (χ1v) is 10.6. The lowest BCUT2D eigenvalue weighted by molar-refractivity contribution is -0.132. The van der Waals surface area contributed by atoms with Crippen LogP contribution in [0.1, 0.15) is 19.4 Å². The van der Waals surface area contributed by atoms with E-state index in [1.807, 2.05) is 72.0 Å². The monoisotopic (exact) mass is 526 g/mol. The maximum Gasteiger partial charge on any atom is 0.308 e. The number of hydrogen-bond donors (Lipinski definition) is 1. The lowest BCUT2D eigenvalue weighted by atomic mass is 10.1. The second-order valence-electron chi connectivity index (χ2n) is 6.51. The van der Waals surface area contributed by atoms with Crippen LogP contribution in [0.15, 0.2) is 60.2 Å². The highest BCUT2D eigenvalue weighted by molar-refractivity contribution is 14.1. The Bertz CT molecular complexity index is 1220. The minimum absolute atomic E-state index is 0.0635. The van der Waals surface area contributed by atoms with Crippen molar-refractivity contribution in [3.63, 3.8) is 0 Å². The highest BCUT2D eigenvalue weighted by Gasteiger charge is 2.16. The molecule has 0 aliphatic heterocycles. The van der Waals surface area contributed by atoms with Crippen molar-refractivity contribution in [2.75, 3.05) is 11.9 Å². The molecule has 0 saturated carbocycles. The molecule has 0 aliphatic rings. The Morgan fingerprint density at radius 2 is 1.90 bits per heavy atom. The van der Waals surface area contributed by atoms with Gasteiger partial charge in [-0.1, -0.05) is 36.4 Å². The van der Waals surface area contributed by atoms with Gasteiger partial charge in [-0.15, -0.1) is 0 Å². The molecule has 1 amide bonds. The predicted molar refractivity (Wildman–Crippen MR) is 128 cm³/mol. The standard InChI is InChI=1S/C24H19IN2O4/c1-3-30-22-13-16(12-20(25)23(22)31-15(2)28)11-18(14-26)24(29)27-21-10-6-8-17-7-4-5-9-19(17)21/h4-13H,3H2,1-2H3,(H,27,29)/b18-11+. The van der Waals surface area contributed by atoms with E-state index in [1.54, 1.807) is 18.2 Å². The summed E-state index contributed by atoms with van der Waals surface area (Å²) in [5.74, 6) is -0.307. The normalized spacial score (nSPS) is 11.0. The smallest absolute Gasteiger partial charge is 0.308 e. The van der Waals surface area contributed by atoms with E-state index < -0.39 is 11.9 Å². The molecule has 6 nitrogen and oxygen atoms in total. The van der Waals surface area contributed by atoms with Crippen LogP contribution in [0.4, 0.5) is 5.69 Å². The number of amides is 1. The van der Waals surface area contributed by atoms with Gasteiger partial charge in [0.2, 0.25) is 0 Å². The number of benzene rings is 3. The van der Waals surface area contributed by atoms with Crippen LogP contribution >= 0.6 is 22.6 Å². The van der Waals surface area contributed by atoms with E-state index in [1.165, 1.54) is 13.0 Å². The van der Waals surface area contributed by atoms with Crippen LogP contribution in [-0.2, 0) is 9.59 Å². The zero-order valence-corrected chi connectivity index (χ0v) is 19.1. The van der Waals surface area contributed by atoms with Gasteiger partial charge in [-0.2, -0.15) is 5.26 Å². The summed E-state index contributed by atoms with van der Waals surface area (Å²) in [6.45, 7) is 3.49. The van der Waals surface area contributed by atoms with Crippen LogP contribution < -0.4 is 14.8 Å². The number of fused-ring (bicyclic) bond motifs is 1. The summed E-state index contributed by atoms with van der Waals surface area (Å²) in [7, 11) is 0. The molecular formula is C24H19IN2O4. The van der Waals surface area contributed by atoms with Gasteiger partial charge in [0.05, 0.1) is 10.2 Å². The van der Waals surface area contributed by atoms with Crippen LogP contribution in [0.3, 0.4) is 0 Å². The van der Waals surface area contributed by atoms with Crippen LogP contribution in [0, 0.1) is 14.9 Å². The van der Waals surface area contributed by atoms with Crippen molar-refractivity contribution in [2.45, 2.75) is 13.8 Å². The third kappa shape index (κ3) is 5.41. The molecule has 7 heteroatoms. The van der Waals surface area contributed by atoms with Crippen LogP contribution in [-0.4, -0.2) is 18.5 Å². The molecule has 0 bridgehead atoms. The molecular weight excluding hydrogens is 507 g/mol. The number of anilines is 1. The summed E-state index contributed by atoms with van der Waals surface area (Å²) in [6, 6.07) is 18.6. The zero-order valence-electron chi connectivity index (χ0n) is 16.9. The van der Waals surface area contributed by atoms with Gasteiger partial charge in [-0.3, -0.25) is 9.59 Å². The Morgan fingerprint density at radius 3 is 2.61 bits per heavy atom. The summed E-state index contributed by atoms with van der Waals surface area (Å²) >= 11 is 2.02. The Hall–Kier alpha value is -3.38. The maximum absolute atomic E-state index is 12.8. The number of nitriles is 1. The first kappa shape index (κ1) is 22.3. The largest absolute Gasteiger partial charge is 0.490 e. The van der Waals surface area contributed by atoms with E-state index in [0.717, 1.165) is 10.8 Å². The SMILES string of the molecule is CCOc1cc(/C=C(\C#N)C(=O)Nc2cccc3ccccc23)cc(I)c1OC(C)=O. The molecule has 0 aliphatic carbocycles. The van der Waals surface area contributed by atoms with Gasteiger partial charge in [0, 0.05) is 18.0 Å². The topological polar surface area (TPSA) is 88.4 Å². The molecule has 0 aromatic heterocycles. The fourth-order valence-electron chi connectivity index (χ4n) is 3.02. The highest BCUT2D eigenvalue weighted by Crippen LogP contribution is 2.35. The molecule has 31 heavy (non-hydrogen) atoms. The van der Waals surface area contributed by atoms with Crippen LogP contribution in [0.5, 0.6) is 11.5 Å². The molecule has 0 atom stereocenters. The minimum atomic E-state index is -0.518. The lowest BCUT2D eigenvalue weighted by Crippen LogP contribution is -2.13. The van der Waals surface area contributed by atoms with Gasteiger partial charge in [0.15, 0.2) is 11.5 Å². The molecule has 156 valence electrons. The number of ether oxygens (including phenoxy) is 2. The van der Waals surface area contributed by atoms with Gasteiger partial charge >= 0.3 is 5.97 Å². The number of carbonyl (C=O) groups excluding carboxylic acids is 2. The summed E-state index contributed by atoms with van der Waals surface area (Å²) in [6.07, 6.45) is 1.47. The van der Waals surface area contributed by atoms with E-state index in [2.05, 4.69) is 5.32 Å². The van der Waals surface area contributed by atoms with E-state index in [4.69, 9.17) is 9.47 Å². The van der Waals surface area contributed by atoms with E-state index in [9.17, 15) is 14.9 Å². The zero-order chi connectivity index (χ0) is 22.4. The minimum Gasteiger partial charge on any atom is -0.490 e. The molecule has 0 unspecified atom stereocenters. The third-order valence-corrected chi connectivity index (χ3v) is 5.09. The second kappa shape index (κ2) is 10.1. The maximum atomic E-state index is 12.8. The summed E-state index contributed by atoms with van der Waals surface area (Å²) in [5, 5.41) is 14.3. The summed E-state index contributed by atoms with van der Waals surface area (Å²) in [4.78, 5) is 24.2. The van der Waals surface area contributed by atoms with Crippen molar-refractivity contribution in [1.29, 1.82) is 5.26 Å². The Labute approximate surface area is 193 Å². The quantitative estimate of drug-likeness (QED) is 0.155. The van der Waals surface area contributed by atoms with E-state index in [-0.39, 0.29) is 5.57 Å². The van der Waals surface area contributed by atoms with Gasteiger partial charge < -0.3 is 14.8 Å². The highest BCUT2D eigenvalue weighted by atomic mass is 127. The van der Waals surface area contributed by atoms with Crippen LogP contribution in [0.2, 0.25) is 0 Å². The molecule has 0 fully saturated rings. The van der Waals surface area contributed by atoms with Crippen molar-refractivity contribution in [2.24, 2.45) is 0 Å². The van der Waals surface area contributed by atoms with Crippen molar-refractivity contribution < 1.29 is 19.1 Å². The van der Waals surface area contributed by atoms with E-state index >= 15 is 0 Å². The summed E-state index contributed by atoms with van der Waals surface area (Å²) in [5.41, 5.74) is 1.14. The molecule has 3 aromatic rings. The number of carbonyl (C=O) groups is 2. The number of halogens is 1. The average Bonchev–Trinajstić information content (AvgIpc) is 2.74. The van der Waals surface area contributed by atoms with Crippen molar-refractivity contribution in [3.05, 3.63) is 69.3 Å². The first-order chi connectivity index (χ1) is 14.9. The molecule has 3 rings (SSSR count). The summed E-state index contributed by atoms with van der Waals surface area (Å²) < 4.78 is 11.5. The van der Waals surface area contributed by atoms with E-state index in [0.29, 0.717) is 32.9 Å². The fraction of sp³-hybridized carbons (Fsp3) is 0.125. The first-order valence-electron chi connectivity index (χ1n) is 9.48. The van der Waals surface area contributed by atoms with Crippen molar-refractivity contribution in [1.82, 2.24) is 0 Å². The van der Waals surface area contributed by atoms with Gasteiger partial charge in [-0.25, -0.2) is 0 Å². The van der Waals surface area contributed by atoms with Crippen LogP contribution in [0.25, 0.3) is 16.8 Å². The molecule has 0 radical (unpaired) electrons. The number of nitrogens with one attached hydrogen (secondary N) is 1. The van der Waals surface area contributed by atoms with Crippen molar-refractivity contribution >= 4 is 57.0 Å².